The summed E-state index contributed by atoms with van der Waals surface area (Å²) in [6.45, 7) is -14.8. The molecule has 0 aliphatic carbocycles. The van der Waals surface area contributed by atoms with Gasteiger partial charge in [-0.3, -0.25) is 33.6 Å². The van der Waals surface area contributed by atoms with Crippen LogP contribution in [-0.4, -0.2) is 223 Å². The van der Waals surface area contributed by atoms with Crippen LogP contribution in [0.4, 0.5) is 119 Å². The number of rotatable bonds is 25. The van der Waals surface area contributed by atoms with Crippen LogP contribution < -0.4 is 0 Å². The van der Waals surface area contributed by atoms with Crippen LogP contribution >= 0.6 is 0 Å². The molecule has 0 atom stereocenters. The topological polar surface area (TPSA) is 203 Å². The number of halogens is 27. The summed E-state index contributed by atoms with van der Waals surface area (Å²) in [5, 5.41) is 0. The molecule has 0 fully saturated rings. The predicted octanol–water partition coefficient (Wildman–Crippen LogP) is 10.2. The van der Waals surface area contributed by atoms with E-state index >= 15 is 0 Å². The molecule has 0 saturated carbocycles. The smallest absolute Gasteiger partial charge is 0.435 e. The number of carbonyl (C=O) groups is 7. The number of amides is 3. The maximum atomic E-state index is 14.2. The van der Waals surface area contributed by atoms with Crippen LogP contribution in [-0.2, 0) is 71.5 Å². The summed E-state index contributed by atoms with van der Waals surface area (Å²) < 4.78 is 416. The Kier molecular flexibility index (Phi) is 26.9. The molecular weight excluding hydrogens is 1360 g/mol. The van der Waals surface area contributed by atoms with Crippen molar-refractivity contribution >= 4 is 41.6 Å². The fraction of sp³-hybridized carbons (Fsp3) is 0.851. The highest BCUT2D eigenvalue weighted by Gasteiger charge is 2.89. The zero-order chi connectivity index (χ0) is 73.7. The molecule has 45 heteroatoms. The number of alkyl halides is 27. The SMILES string of the molecule is CC(C)(C)OC(=O)CN(CC(=O)OC(C)(C)C)C(=O)CN(CC(=O)N(CC(=O)OC(C)(C)C)CC(=O)OC(C)(C)C)C(=O)COCC(COC(C(F)(F)F)(C(F)(F)F)C(F)(F)F)(COC(C(F)(F)F)(C(F)(F)F)C(F)(F)F)COC(C(F)(F)F)(C(F)(F)F)C(F)(F)F. The summed E-state index contributed by atoms with van der Waals surface area (Å²) in [5.74, 6) is -12.2. The molecule has 0 aliphatic heterocycles. The molecule has 0 bridgehead atoms. The predicted molar refractivity (Wildman–Crippen MR) is 247 cm³/mol. The van der Waals surface area contributed by atoms with Crippen molar-refractivity contribution in [2.45, 2.75) is 178 Å². The van der Waals surface area contributed by atoms with Crippen LogP contribution in [0.25, 0.3) is 0 Å². The zero-order valence-electron chi connectivity index (χ0n) is 49.4. The first-order valence-corrected chi connectivity index (χ1v) is 24.9. The van der Waals surface area contributed by atoms with Crippen LogP contribution in [0.15, 0.2) is 0 Å². The molecule has 18 nitrogen and oxygen atoms in total. The molecule has 0 rings (SSSR count). The van der Waals surface area contributed by atoms with Crippen molar-refractivity contribution < 1.29 is 190 Å². The highest BCUT2D eigenvalue weighted by molar-refractivity contribution is 5.93. The van der Waals surface area contributed by atoms with Crippen LogP contribution in [0.1, 0.15) is 83.1 Å². The molecule has 0 aromatic carbocycles. The average molecular weight is 1420 g/mol. The first-order valence-electron chi connectivity index (χ1n) is 24.9. The van der Waals surface area contributed by atoms with Gasteiger partial charge in [0.15, 0.2) is 0 Å². The molecule has 0 N–H and O–H groups in total. The van der Waals surface area contributed by atoms with Gasteiger partial charge in [-0.15, -0.1) is 0 Å². The van der Waals surface area contributed by atoms with Crippen LogP contribution in [0.2, 0.25) is 0 Å². The van der Waals surface area contributed by atoms with Crippen LogP contribution in [0.5, 0.6) is 0 Å². The minimum atomic E-state index is -8.31. The first-order chi connectivity index (χ1) is 40.1. The van der Waals surface area contributed by atoms with Crippen molar-refractivity contribution in [1.29, 1.82) is 0 Å². The lowest BCUT2D eigenvalue weighted by molar-refractivity contribution is -0.474. The number of ether oxygens (including phenoxy) is 8. The number of hydrogen-bond donors (Lipinski definition) is 0. The van der Waals surface area contributed by atoms with Crippen LogP contribution in [0.3, 0.4) is 0 Å². The monoisotopic (exact) mass is 1420 g/mol. The van der Waals surface area contributed by atoms with Crippen molar-refractivity contribution in [1.82, 2.24) is 14.7 Å². The van der Waals surface area contributed by atoms with Crippen molar-refractivity contribution in [3.63, 3.8) is 0 Å². The van der Waals surface area contributed by atoms with Crippen LogP contribution in [0, 0.1) is 5.41 Å². The van der Waals surface area contributed by atoms with E-state index in [1.54, 1.807) is 0 Å². The normalized spacial score (nSPS) is 14.6. The van der Waals surface area contributed by atoms with Crippen molar-refractivity contribution in [3.8, 4) is 0 Å². The molecule has 0 radical (unpaired) electrons. The molecule has 0 aliphatic rings. The Balaban J connectivity index is 9.29. The summed E-state index contributed by atoms with van der Waals surface area (Å²) >= 11 is 0. The number of nitrogens with zero attached hydrogens (tertiary/aromatic N) is 3. The van der Waals surface area contributed by atoms with Gasteiger partial charge < -0.3 is 52.6 Å². The Morgan fingerprint density at radius 1 is 0.261 bits per heavy atom. The Bertz CT molecular complexity index is 2170. The fourth-order valence-corrected chi connectivity index (χ4v) is 7.00. The standard InChI is InChI=1S/C47H58F27N3O15/c1-31(2,3)89-27(81)15-76(16-28(82)90-32(4,5)6)24(78)13-75(14-25(79)77(17-29(83)91-33(7,8)9)18-30(84)92-34(10,11)12)26(80)19-85-20-35(21-86-36(39(48,49)50,40(51,52)53)41(54,55)56,22-87-37(42(57,58)59,43(60,61)62)44(63,64)65)23-88-38(45(66,67)68,46(69,70)71)47(72,73)74/h13-23H2,1-12H3. The van der Waals surface area contributed by atoms with Crippen molar-refractivity contribution in [2.24, 2.45) is 5.41 Å². The second-order valence-electron chi connectivity index (χ2n) is 23.5. The largest absolute Gasteiger partial charge is 0.459 e. The summed E-state index contributed by atoms with van der Waals surface area (Å²) in [6.07, 6.45) is -74.8. The maximum absolute atomic E-state index is 14.2. The van der Waals surface area contributed by atoms with Gasteiger partial charge in [-0.05, 0) is 83.1 Å². The van der Waals surface area contributed by atoms with E-state index in [-0.39, 0.29) is 9.80 Å². The van der Waals surface area contributed by atoms with Gasteiger partial charge in [-0.25, -0.2) is 0 Å². The van der Waals surface area contributed by atoms with E-state index in [0.717, 1.165) is 0 Å². The van der Waals surface area contributed by atoms with Gasteiger partial charge in [0, 0.05) is 0 Å². The second kappa shape index (κ2) is 28.7. The third kappa shape index (κ3) is 23.0. The van der Waals surface area contributed by atoms with Gasteiger partial charge in [0.25, 0.3) is 0 Å². The molecular formula is C47H58F27N3O15. The molecule has 0 aromatic rings. The fourth-order valence-electron chi connectivity index (χ4n) is 7.00. The minimum Gasteiger partial charge on any atom is -0.459 e. The van der Waals surface area contributed by atoms with E-state index in [2.05, 4.69) is 18.9 Å². The Morgan fingerprint density at radius 3 is 0.598 bits per heavy atom. The minimum absolute atomic E-state index is 0.0700. The van der Waals surface area contributed by atoms with Gasteiger partial charge in [0.2, 0.25) is 17.7 Å². The Morgan fingerprint density at radius 2 is 0.435 bits per heavy atom. The van der Waals surface area contributed by atoms with Gasteiger partial charge in [0.05, 0.1) is 31.8 Å². The van der Waals surface area contributed by atoms with Gasteiger partial charge in [0.1, 0.15) is 68.3 Å². The van der Waals surface area contributed by atoms with E-state index in [9.17, 15) is 152 Å². The lowest BCUT2D eigenvalue weighted by atomic mass is 9.89. The number of esters is 4. The molecule has 0 saturated heterocycles. The quantitative estimate of drug-likeness (QED) is 0.0474. The van der Waals surface area contributed by atoms with E-state index in [0.29, 0.717) is 0 Å². The molecule has 0 spiro atoms. The van der Waals surface area contributed by atoms with Crippen molar-refractivity contribution in [3.05, 3.63) is 0 Å². The molecule has 3 amide bonds. The Labute approximate surface area is 501 Å². The third-order valence-corrected chi connectivity index (χ3v) is 10.7. The summed E-state index contributed by atoms with van der Waals surface area (Å²) in [4.78, 5) is 94.1. The average Bonchev–Trinajstić information content (AvgIpc) is 0.737. The summed E-state index contributed by atoms with van der Waals surface area (Å²) in [6, 6.07) is 0. The lowest BCUT2D eigenvalue weighted by Crippen LogP contribution is -2.71. The van der Waals surface area contributed by atoms with E-state index in [1.807, 2.05) is 0 Å². The molecule has 92 heavy (non-hydrogen) atoms. The third-order valence-electron chi connectivity index (χ3n) is 10.7. The summed E-state index contributed by atoms with van der Waals surface area (Å²) in [7, 11) is 0. The second-order valence-corrected chi connectivity index (χ2v) is 23.5. The Hall–Kier alpha value is -5.76. The lowest BCUT2D eigenvalue weighted by Gasteiger charge is -2.45. The maximum Gasteiger partial charge on any atom is 0.435 e. The number of carbonyl (C=O) groups excluding carboxylic acids is 7. The number of hydrogen-bond acceptors (Lipinski definition) is 15. The summed E-state index contributed by atoms with van der Waals surface area (Å²) in [5.41, 5.74) is -36.3. The van der Waals surface area contributed by atoms with E-state index in [4.69, 9.17) is 18.9 Å². The molecule has 0 aromatic heterocycles. The van der Waals surface area contributed by atoms with Gasteiger partial charge in [-0.1, -0.05) is 0 Å². The van der Waals surface area contributed by atoms with Crippen molar-refractivity contribution in [2.75, 3.05) is 72.3 Å². The van der Waals surface area contributed by atoms with E-state index in [1.165, 1.54) is 83.1 Å². The highest BCUT2D eigenvalue weighted by Crippen LogP contribution is 2.59. The highest BCUT2D eigenvalue weighted by atomic mass is 19.5. The van der Waals surface area contributed by atoms with Gasteiger partial charge >= 0.3 is 96.3 Å². The zero-order valence-corrected chi connectivity index (χ0v) is 49.4. The molecule has 0 unspecified atom stereocenters. The first kappa shape index (κ1) is 86.2. The van der Waals surface area contributed by atoms with E-state index < -0.39 is 219 Å². The van der Waals surface area contributed by atoms with Gasteiger partial charge in [-0.2, -0.15) is 119 Å². The molecule has 540 valence electrons. The molecule has 0 heterocycles.